The van der Waals surface area contributed by atoms with Crippen molar-refractivity contribution in [2.75, 3.05) is 5.32 Å². The lowest BCUT2D eigenvalue weighted by Gasteiger charge is -2.16. The molecule has 3 aromatic rings. The van der Waals surface area contributed by atoms with E-state index < -0.39 is 0 Å². The van der Waals surface area contributed by atoms with Gasteiger partial charge in [-0.25, -0.2) is 0 Å². The third kappa shape index (κ3) is 4.14. The number of para-hydroxylation sites is 1. The average molecular weight is 366 g/mol. The number of aromatic nitrogens is 3. The van der Waals surface area contributed by atoms with E-state index in [9.17, 15) is 4.79 Å². The van der Waals surface area contributed by atoms with Gasteiger partial charge in [0, 0.05) is 17.3 Å². The number of hydrogen-bond acceptors (Lipinski definition) is 4. The van der Waals surface area contributed by atoms with Crippen molar-refractivity contribution in [2.24, 2.45) is 0 Å². The van der Waals surface area contributed by atoms with Gasteiger partial charge in [0.1, 0.15) is 6.33 Å². The van der Waals surface area contributed by atoms with Gasteiger partial charge in [-0.1, -0.05) is 60.3 Å². The first-order valence-electron chi connectivity index (χ1n) is 8.57. The van der Waals surface area contributed by atoms with Crippen LogP contribution in [0.2, 0.25) is 0 Å². The van der Waals surface area contributed by atoms with Crippen molar-refractivity contribution in [3.8, 4) is 11.1 Å². The van der Waals surface area contributed by atoms with Crippen LogP contribution in [0.25, 0.3) is 11.1 Å². The SMILES string of the molecule is CC(C)n1cnnc1S[C@@H](C)C(=O)Nc1ccccc1-c1ccccc1. The third-order valence-corrected chi connectivity index (χ3v) is 5.09. The van der Waals surface area contributed by atoms with Gasteiger partial charge >= 0.3 is 0 Å². The number of carbonyl (C=O) groups excluding carboxylic acids is 1. The third-order valence-electron chi connectivity index (χ3n) is 4.02. The highest BCUT2D eigenvalue weighted by molar-refractivity contribution is 8.00. The van der Waals surface area contributed by atoms with Gasteiger partial charge in [-0.15, -0.1) is 10.2 Å². The summed E-state index contributed by atoms with van der Waals surface area (Å²) in [7, 11) is 0. The van der Waals surface area contributed by atoms with Gasteiger partial charge in [-0.2, -0.15) is 0 Å². The molecule has 1 amide bonds. The molecule has 5 nitrogen and oxygen atoms in total. The van der Waals surface area contributed by atoms with E-state index in [1.54, 1.807) is 6.33 Å². The quantitative estimate of drug-likeness (QED) is 0.645. The van der Waals surface area contributed by atoms with E-state index in [0.717, 1.165) is 22.0 Å². The monoisotopic (exact) mass is 366 g/mol. The lowest BCUT2D eigenvalue weighted by molar-refractivity contribution is -0.115. The van der Waals surface area contributed by atoms with Crippen molar-refractivity contribution in [2.45, 2.75) is 37.2 Å². The standard InChI is InChI=1S/C20H22N4OS/c1-14(2)24-13-21-23-20(24)26-15(3)19(25)22-18-12-8-7-11-17(18)16-9-5-4-6-10-16/h4-15H,1-3H3,(H,22,25)/t15-/m0/s1. The van der Waals surface area contributed by atoms with Crippen molar-refractivity contribution in [3.05, 3.63) is 60.9 Å². The number of anilines is 1. The predicted molar refractivity (Wildman–Crippen MR) is 106 cm³/mol. The molecule has 1 heterocycles. The molecule has 134 valence electrons. The van der Waals surface area contributed by atoms with Crippen LogP contribution >= 0.6 is 11.8 Å². The van der Waals surface area contributed by atoms with Crippen LogP contribution in [0, 0.1) is 0 Å². The summed E-state index contributed by atoms with van der Waals surface area (Å²) < 4.78 is 1.96. The number of nitrogens with zero attached hydrogens (tertiary/aromatic N) is 3. The zero-order valence-corrected chi connectivity index (χ0v) is 15.9. The second kappa shape index (κ2) is 8.19. The van der Waals surface area contributed by atoms with Gasteiger partial charge in [0.25, 0.3) is 0 Å². The first-order chi connectivity index (χ1) is 12.6. The van der Waals surface area contributed by atoms with Crippen LogP contribution in [0.3, 0.4) is 0 Å². The van der Waals surface area contributed by atoms with Gasteiger partial charge in [0.2, 0.25) is 5.91 Å². The van der Waals surface area contributed by atoms with Crippen LogP contribution in [-0.4, -0.2) is 25.9 Å². The number of thioether (sulfide) groups is 1. The van der Waals surface area contributed by atoms with Crippen molar-refractivity contribution in [3.63, 3.8) is 0 Å². The molecule has 1 N–H and O–H groups in total. The Morgan fingerprint density at radius 1 is 1.04 bits per heavy atom. The Balaban J connectivity index is 1.75. The van der Waals surface area contributed by atoms with Crippen LogP contribution in [0.5, 0.6) is 0 Å². The largest absolute Gasteiger partial charge is 0.325 e. The van der Waals surface area contributed by atoms with Crippen molar-refractivity contribution in [1.29, 1.82) is 0 Å². The summed E-state index contributed by atoms with van der Waals surface area (Å²) in [5.41, 5.74) is 2.88. The molecule has 1 aromatic heterocycles. The lowest BCUT2D eigenvalue weighted by atomic mass is 10.0. The molecule has 3 rings (SSSR count). The highest BCUT2D eigenvalue weighted by Gasteiger charge is 2.19. The van der Waals surface area contributed by atoms with E-state index in [4.69, 9.17) is 0 Å². The Hall–Kier alpha value is -2.60. The number of amides is 1. The summed E-state index contributed by atoms with van der Waals surface area (Å²) in [4.78, 5) is 12.7. The van der Waals surface area contributed by atoms with Crippen LogP contribution < -0.4 is 5.32 Å². The van der Waals surface area contributed by atoms with E-state index in [1.807, 2.05) is 66.1 Å². The van der Waals surface area contributed by atoms with Gasteiger partial charge in [-0.05, 0) is 32.4 Å². The first-order valence-corrected chi connectivity index (χ1v) is 9.45. The van der Waals surface area contributed by atoms with Crippen LogP contribution in [-0.2, 0) is 4.79 Å². The second-order valence-corrected chi connectivity index (χ2v) is 7.58. The van der Waals surface area contributed by atoms with Crippen molar-refractivity contribution < 1.29 is 4.79 Å². The van der Waals surface area contributed by atoms with Crippen LogP contribution in [0.1, 0.15) is 26.8 Å². The molecule has 0 bridgehead atoms. The Kier molecular flexibility index (Phi) is 5.73. The number of carbonyl (C=O) groups is 1. The van der Waals surface area contributed by atoms with E-state index >= 15 is 0 Å². The highest BCUT2D eigenvalue weighted by Crippen LogP contribution is 2.29. The average Bonchev–Trinajstić information content (AvgIpc) is 3.11. The van der Waals surface area contributed by atoms with E-state index in [2.05, 4.69) is 29.4 Å². The maximum absolute atomic E-state index is 12.7. The maximum atomic E-state index is 12.7. The molecule has 0 saturated heterocycles. The summed E-state index contributed by atoms with van der Waals surface area (Å²) in [6, 6.07) is 18.1. The molecule has 0 aliphatic heterocycles. The van der Waals surface area contributed by atoms with Gasteiger partial charge in [0.15, 0.2) is 5.16 Å². The molecular formula is C20H22N4OS. The molecule has 0 fully saturated rings. The minimum absolute atomic E-state index is 0.0586. The normalized spacial score (nSPS) is 12.2. The Labute approximate surface area is 157 Å². The minimum atomic E-state index is -0.291. The molecule has 1 atom stereocenters. The molecule has 0 aliphatic carbocycles. The summed E-state index contributed by atoms with van der Waals surface area (Å²) >= 11 is 1.41. The Morgan fingerprint density at radius 2 is 1.73 bits per heavy atom. The van der Waals surface area contributed by atoms with Gasteiger partial charge < -0.3 is 9.88 Å². The number of hydrogen-bond donors (Lipinski definition) is 1. The molecule has 0 spiro atoms. The Bertz CT molecular complexity index is 876. The molecule has 0 aliphatic rings. The van der Waals surface area contributed by atoms with Crippen molar-refractivity contribution in [1.82, 2.24) is 14.8 Å². The fraction of sp³-hybridized carbons (Fsp3) is 0.250. The van der Waals surface area contributed by atoms with Crippen LogP contribution in [0.15, 0.2) is 66.1 Å². The topological polar surface area (TPSA) is 59.8 Å². The first kappa shape index (κ1) is 18.2. The maximum Gasteiger partial charge on any atom is 0.237 e. The van der Waals surface area contributed by atoms with Gasteiger partial charge in [-0.3, -0.25) is 4.79 Å². The summed E-state index contributed by atoms with van der Waals surface area (Å²) in [5, 5.41) is 11.6. The summed E-state index contributed by atoms with van der Waals surface area (Å²) in [5.74, 6) is -0.0586. The molecule has 26 heavy (non-hydrogen) atoms. The van der Waals surface area contributed by atoms with Crippen LogP contribution in [0.4, 0.5) is 5.69 Å². The second-order valence-electron chi connectivity index (χ2n) is 6.28. The zero-order chi connectivity index (χ0) is 18.5. The summed E-state index contributed by atoms with van der Waals surface area (Å²) in [6.45, 7) is 6.01. The van der Waals surface area contributed by atoms with Crippen molar-refractivity contribution >= 4 is 23.4 Å². The van der Waals surface area contributed by atoms with E-state index in [-0.39, 0.29) is 17.2 Å². The van der Waals surface area contributed by atoms with E-state index in [0.29, 0.717) is 0 Å². The molecule has 0 saturated carbocycles. The number of benzene rings is 2. The predicted octanol–water partition coefficient (Wildman–Crippen LogP) is 4.65. The lowest BCUT2D eigenvalue weighted by Crippen LogP contribution is -2.23. The Morgan fingerprint density at radius 3 is 2.46 bits per heavy atom. The minimum Gasteiger partial charge on any atom is -0.325 e. The smallest absolute Gasteiger partial charge is 0.237 e. The fourth-order valence-corrected chi connectivity index (χ4v) is 3.53. The molecule has 6 heteroatoms. The molecular weight excluding hydrogens is 344 g/mol. The van der Waals surface area contributed by atoms with E-state index in [1.165, 1.54) is 11.8 Å². The molecule has 2 aromatic carbocycles. The van der Waals surface area contributed by atoms with Gasteiger partial charge in [0.05, 0.1) is 5.25 Å². The summed E-state index contributed by atoms with van der Waals surface area (Å²) in [6.07, 6.45) is 1.70. The highest BCUT2D eigenvalue weighted by atomic mass is 32.2. The number of rotatable bonds is 6. The molecule has 0 unspecified atom stereocenters. The fourth-order valence-electron chi connectivity index (χ4n) is 2.58. The molecule has 0 radical (unpaired) electrons. The zero-order valence-electron chi connectivity index (χ0n) is 15.1. The number of nitrogens with one attached hydrogen (secondary N) is 1.